The number of hydrogen-bond acceptors (Lipinski definition) is 2. The molecule has 0 atom stereocenters. The molecular weight excluding hydrogens is 288 g/mol. The molecule has 0 aliphatic heterocycles. The third-order valence-electron chi connectivity index (χ3n) is 4.11. The van der Waals surface area contributed by atoms with Gasteiger partial charge < -0.3 is 5.32 Å². The SMILES string of the molecule is CNC1CCC(N(C)Cc2ccccc2Br)CC1. The molecule has 0 heterocycles. The van der Waals surface area contributed by atoms with Crippen molar-refractivity contribution >= 4 is 15.9 Å². The van der Waals surface area contributed by atoms with Gasteiger partial charge in [0, 0.05) is 23.1 Å². The molecule has 1 aliphatic rings. The molecule has 0 saturated heterocycles. The van der Waals surface area contributed by atoms with Crippen molar-refractivity contribution in [3.05, 3.63) is 34.3 Å². The highest BCUT2D eigenvalue weighted by Crippen LogP contribution is 2.25. The summed E-state index contributed by atoms with van der Waals surface area (Å²) in [5.41, 5.74) is 1.38. The Morgan fingerprint density at radius 1 is 1.22 bits per heavy atom. The molecule has 0 unspecified atom stereocenters. The van der Waals surface area contributed by atoms with Crippen LogP contribution in [-0.4, -0.2) is 31.1 Å². The van der Waals surface area contributed by atoms with Crippen molar-refractivity contribution in [2.24, 2.45) is 0 Å². The lowest BCUT2D eigenvalue weighted by molar-refractivity contribution is 0.169. The molecule has 2 rings (SSSR count). The lowest BCUT2D eigenvalue weighted by atomic mass is 9.90. The molecule has 0 amide bonds. The minimum Gasteiger partial charge on any atom is -0.317 e. The quantitative estimate of drug-likeness (QED) is 0.917. The summed E-state index contributed by atoms with van der Waals surface area (Å²) in [6.07, 6.45) is 5.24. The van der Waals surface area contributed by atoms with Crippen LogP contribution in [0.4, 0.5) is 0 Å². The van der Waals surface area contributed by atoms with Gasteiger partial charge in [-0.1, -0.05) is 34.1 Å². The van der Waals surface area contributed by atoms with E-state index in [1.54, 1.807) is 0 Å². The van der Waals surface area contributed by atoms with E-state index in [1.807, 2.05) is 0 Å². The van der Waals surface area contributed by atoms with Gasteiger partial charge >= 0.3 is 0 Å². The monoisotopic (exact) mass is 310 g/mol. The van der Waals surface area contributed by atoms with E-state index < -0.39 is 0 Å². The van der Waals surface area contributed by atoms with E-state index >= 15 is 0 Å². The summed E-state index contributed by atoms with van der Waals surface area (Å²) in [5.74, 6) is 0. The summed E-state index contributed by atoms with van der Waals surface area (Å²) in [5, 5.41) is 3.40. The van der Waals surface area contributed by atoms with Crippen LogP contribution in [-0.2, 0) is 6.54 Å². The zero-order valence-electron chi connectivity index (χ0n) is 11.3. The van der Waals surface area contributed by atoms with Gasteiger partial charge in [0.15, 0.2) is 0 Å². The molecule has 1 N–H and O–H groups in total. The molecule has 0 radical (unpaired) electrons. The number of nitrogens with zero attached hydrogens (tertiary/aromatic N) is 1. The molecule has 1 aromatic rings. The lowest BCUT2D eigenvalue weighted by Crippen LogP contribution is -2.39. The summed E-state index contributed by atoms with van der Waals surface area (Å²) >= 11 is 3.63. The first-order valence-electron chi connectivity index (χ1n) is 6.81. The molecule has 1 fully saturated rings. The van der Waals surface area contributed by atoms with Crippen molar-refractivity contribution in [3.63, 3.8) is 0 Å². The van der Waals surface area contributed by atoms with Crippen molar-refractivity contribution < 1.29 is 0 Å². The number of nitrogens with one attached hydrogen (secondary N) is 1. The van der Waals surface area contributed by atoms with E-state index in [0.717, 1.165) is 18.6 Å². The zero-order chi connectivity index (χ0) is 13.0. The number of hydrogen-bond donors (Lipinski definition) is 1. The molecular formula is C15H23BrN2. The Kier molecular flexibility index (Phi) is 5.22. The average Bonchev–Trinajstić information content (AvgIpc) is 2.41. The Morgan fingerprint density at radius 2 is 1.89 bits per heavy atom. The van der Waals surface area contributed by atoms with E-state index in [-0.39, 0.29) is 0 Å². The smallest absolute Gasteiger partial charge is 0.0244 e. The van der Waals surface area contributed by atoms with Gasteiger partial charge in [-0.05, 0) is 51.4 Å². The van der Waals surface area contributed by atoms with Gasteiger partial charge in [0.1, 0.15) is 0 Å². The van der Waals surface area contributed by atoms with Crippen molar-refractivity contribution in [2.45, 2.75) is 44.3 Å². The highest BCUT2D eigenvalue weighted by atomic mass is 79.9. The first-order chi connectivity index (χ1) is 8.70. The van der Waals surface area contributed by atoms with Crippen LogP contribution in [0, 0.1) is 0 Å². The minimum atomic E-state index is 0.734. The van der Waals surface area contributed by atoms with E-state index in [9.17, 15) is 0 Å². The van der Waals surface area contributed by atoms with E-state index in [2.05, 4.69) is 64.5 Å². The first-order valence-corrected chi connectivity index (χ1v) is 7.61. The first kappa shape index (κ1) is 14.0. The summed E-state index contributed by atoms with van der Waals surface area (Å²) in [6, 6.07) is 10.00. The third-order valence-corrected chi connectivity index (χ3v) is 4.88. The molecule has 1 aromatic carbocycles. The maximum Gasteiger partial charge on any atom is 0.0244 e. The second-order valence-corrected chi connectivity index (χ2v) is 6.15. The largest absolute Gasteiger partial charge is 0.317 e. The molecule has 0 spiro atoms. The number of benzene rings is 1. The molecule has 1 aliphatic carbocycles. The standard InChI is InChI=1S/C15H23BrN2/c1-17-13-7-9-14(10-8-13)18(2)11-12-5-3-4-6-15(12)16/h3-6,13-14,17H,7-11H2,1-2H3. The second-order valence-electron chi connectivity index (χ2n) is 5.30. The van der Waals surface area contributed by atoms with E-state index in [1.165, 1.54) is 35.7 Å². The van der Waals surface area contributed by atoms with Crippen LogP contribution in [0.25, 0.3) is 0 Å². The average molecular weight is 311 g/mol. The van der Waals surface area contributed by atoms with Crippen LogP contribution in [0.2, 0.25) is 0 Å². The van der Waals surface area contributed by atoms with Crippen molar-refractivity contribution in [2.75, 3.05) is 14.1 Å². The Labute approximate surface area is 119 Å². The fourth-order valence-electron chi connectivity index (χ4n) is 2.83. The Balaban J connectivity index is 1.89. The van der Waals surface area contributed by atoms with E-state index in [4.69, 9.17) is 0 Å². The zero-order valence-corrected chi connectivity index (χ0v) is 12.9. The predicted molar refractivity (Wildman–Crippen MR) is 80.7 cm³/mol. The molecule has 0 aromatic heterocycles. The van der Waals surface area contributed by atoms with Gasteiger partial charge in [-0.25, -0.2) is 0 Å². The Hall–Kier alpha value is -0.380. The van der Waals surface area contributed by atoms with Gasteiger partial charge in [-0.3, -0.25) is 4.90 Å². The van der Waals surface area contributed by atoms with Crippen molar-refractivity contribution in [1.29, 1.82) is 0 Å². The van der Waals surface area contributed by atoms with Crippen LogP contribution in [0.15, 0.2) is 28.7 Å². The summed E-state index contributed by atoms with van der Waals surface area (Å²) in [4.78, 5) is 2.51. The highest BCUT2D eigenvalue weighted by molar-refractivity contribution is 9.10. The highest BCUT2D eigenvalue weighted by Gasteiger charge is 2.23. The maximum atomic E-state index is 3.63. The fourth-order valence-corrected chi connectivity index (χ4v) is 3.24. The van der Waals surface area contributed by atoms with Gasteiger partial charge in [0.05, 0.1) is 0 Å². The lowest BCUT2D eigenvalue weighted by Gasteiger charge is -2.34. The minimum absolute atomic E-state index is 0.734. The van der Waals surface area contributed by atoms with Crippen LogP contribution in [0.3, 0.4) is 0 Å². The van der Waals surface area contributed by atoms with Gasteiger partial charge in [0.2, 0.25) is 0 Å². The molecule has 1 saturated carbocycles. The van der Waals surface area contributed by atoms with Crippen LogP contribution in [0.5, 0.6) is 0 Å². The Morgan fingerprint density at radius 3 is 2.50 bits per heavy atom. The van der Waals surface area contributed by atoms with Crippen molar-refractivity contribution in [3.8, 4) is 0 Å². The molecule has 3 heteroatoms. The molecule has 100 valence electrons. The van der Waals surface area contributed by atoms with Crippen LogP contribution < -0.4 is 5.32 Å². The molecule has 18 heavy (non-hydrogen) atoms. The fraction of sp³-hybridized carbons (Fsp3) is 0.600. The summed E-state index contributed by atoms with van der Waals surface area (Å²) < 4.78 is 1.22. The van der Waals surface area contributed by atoms with Crippen LogP contribution in [0.1, 0.15) is 31.2 Å². The third kappa shape index (κ3) is 3.56. The number of halogens is 1. The van der Waals surface area contributed by atoms with Crippen molar-refractivity contribution in [1.82, 2.24) is 10.2 Å². The van der Waals surface area contributed by atoms with Gasteiger partial charge in [-0.15, -0.1) is 0 Å². The van der Waals surface area contributed by atoms with Gasteiger partial charge in [0.25, 0.3) is 0 Å². The summed E-state index contributed by atoms with van der Waals surface area (Å²) in [7, 11) is 4.33. The second kappa shape index (κ2) is 6.69. The normalized spacial score (nSPS) is 24.4. The maximum absolute atomic E-state index is 3.63. The topological polar surface area (TPSA) is 15.3 Å². The van der Waals surface area contributed by atoms with E-state index in [0.29, 0.717) is 0 Å². The van der Waals surface area contributed by atoms with Crippen LogP contribution >= 0.6 is 15.9 Å². The van der Waals surface area contributed by atoms with Gasteiger partial charge in [-0.2, -0.15) is 0 Å². The summed E-state index contributed by atoms with van der Waals surface area (Å²) in [6.45, 7) is 1.04. The molecule has 2 nitrogen and oxygen atoms in total. The predicted octanol–water partition coefficient (Wildman–Crippen LogP) is 3.41. The number of rotatable bonds is 4. The Bertz CT molecular complexity index is 373. The molecule has 0 bridgehead atoms.